The molecule has 20 heavy (non-hydrogen) atoms. The van der Waals surface area contributed by atoms with Crippen LogP contribution in [-0.4, -0.2) is 29.1 Å². The minimum absolute atomic E-state index is 0.0154. The molecule has 1 unspecified atom stereocenters. The van der Waals surface area contributed by atoms with Gasteiger partial charge in [0, 0.05) is 5.56 Å². The highest BCUT2D eigenvalue weighted by molar-refractivity contribution is 5.85. The third-order valence-corrected chi connectivity index (χ3v) is 2.73. The fraction of sp³-hybridized carbons (Fsp3) is 0.467. The highest BCUT2D eigenvalue weighted by Gasteiger charge is 2.18. The molecule has 0 bridgehead atoms. The summed E-state index contributed by atoms with van der Waals surface area (Å²) in [5.74, 6) is -0.687. The van der Waals surface area contributed by atoms with E-state index in [-0.39, 0.29) is 18.4 Å². The topological polar surface area (TPSA) is 75.6 Å². The average molecular weight is 279 g/mol. The van der Waals surface area contributed by atoms with Gasteiger partial charge in [-0.25, -0.2) is 4.79 Å². The average Bonchev–Trinajstić information content (AvgIpc) is 2.37. The molecule has 0 saturated carbocycles. The molecule has 0 aromatic heterocycles. The summed E-state index contributed by atoms with van der Waals surface area (Å²) in [5, 5.41) is 11.4. The van der Waals surface area contributed by atoms with Crippen LogP contribution in [0.1, 0.15) is 32.8 Å². The van der Waals surface area contributed by atoms with Crippen LogP contribution in [0, 0.1) is 0 Å². The minimum Gasteiger partial charge on any atom is -0.491 e. The Morgan fingerprint density at radius 3 is 2.50 bits per heavy atom. The number of carboxylic acids is 1. The predicted octanol–water partition coefficient (Wildman–Crippen LogP) is 2.00. The molecule has 0 fully saturated rings. The maximum atomic E-state index is 11.9. The first-order valence-electron chi connectivity index (χ1n) is 6.70. The lowest BCUT2D eigenvalue weighted by Gasteiger charge is -2.15. The second-order valence-electron chi connectivity index (χ2n) is 4.82. The van der Waals surface area contributed by atoms with Crippen molar-refractivity contribution >= 4 is 11.9 Å². The van der Waals surface area contributed by atoms with Gasteiger partial charge in [-0.1, -0.05) is 25.1 Å². The van der Waals surface area contributed by atoms with Crippen molar-refractivity contribution in [2.75, 3.05) is 0 Å². The molecule has 0 radical (unpaired) electrons. The largest absolute Gasteiger partial charge is 0.491 e. The number of nitrogens with one attached hydrogen (secondary N) is 1. The molecular formula is C15H21NO4. The Labute approximate surface area is 118 Å². The number of hydrogen-bond acceptors (Lipinski definition) is 3. The van der Waals surface area contributed by atoms with Crippen LogP contribution < -0.4 is 10.1 Å². The van der Waals surface area contributed by atoms with Crippen LogP contribution >= 0.6 is 0 Å². The van der Waals surface area contributed by atoms with Crippen LogP contribution in [0.4, 0.5) is 0 Å². The van der Waals surface area contributed by atoms with Gasteiger partial charge in [0.1, 0.15) is 11.8 Å². The molecule has 1 aromatic rings. The fourth-order valence-electron chi connectivity index (χ4n) is 1.78. The Morgan fingerprint density at radius 1 is 1.30 bits per heavy atom. The third-order valence-electron chi connectivity index (χ3n) is 2.73. The Bertz CT molecular complexity index is 471. The molecule has 110 valence electrons. The van der Waals surface area contributed by atoms with Gasteiger partial charge in [-0.2, -0.15) is 0 Å². The molecule has 2 N–H and O–H groups in total. The van der Waals surface area contributed by atoms with Gasteiger partial charge in [-0.05, 0) is 26.3 Å². The quantitative estimate of drug-likeness (QED) is 0.800. The summed E-state index contributed by atoms with van der Waals surface area (Å²) in [5.41, 5.74) is 0.749. The third kappa shape index (κ3) is 4.91. The summed E-state index contributed by atoms with van der Waals surface area (Å²) in [6.07, 6.45) is 0.472. The van der Waals surface area contributed by atoms with Crippen LogP contribution in [0.2, 0.25) is 0 Å². The Balaban J connectivity index is 2.73. The van der Waals surface area contributed by atoms with Crippen molar-refractivity contribution in [3.8, 4) is 5.75 Å². The number of amides is 1. The first kappa shape index (κ1) is 16.0. The summed E-state index contributed by atoms with van der Waals surface area (Å²) in [6.45, 7) is 5.54. The zero-order valence-corrected chi connectivity index (χ0v) is 12.1. The van der Waals surface area contributed by atoms with E-state index in [1.54, 1.807) is 19.1 Å². The van der Waals surface area contributed by atoms with E-state index in [0.717, 1.165) is 5.56 Å². The van der Waals surface area contributed by atoms with Crippen molar-refractivity contribution in [1.29, 1.82) is 0 Å². The molecule has 0 heterocycles. The molecule has 0 aliphatic heterocycles. The van der Waals surface area contributed by atoms with Gasteiger partial charge < -0.3 is 15.2 Å². The smallest absolute Gasteiger partial charge is 0.326 e. The van der Waals surface area contributed by atoms with Crippen molar-refractivity contribution in [3.63, 3.8) is 0 Å². The lowest BCUT2D eigenvalue weighted by atomic mass is 10.1. The van der Waals surface area contributed by atoms with E-state index >= 15 is 0 Å². The standard InChI is InChI=1S/C15H21NO4/c1-4-12(15(18)19)16-14(17)9-11-7-5-6-8-13(11)20-10(2)3/h5-8,10,12H,4,9H2,1-3H3,(H,16,17)(H,18,19). The molecule has 1 atom stereocenters. The fourth-order valence-corrected chi connectivity index (χ4v) is 1.78. The van der Waals surface area contributed by atoms with E-state index in [2.05, 4.69) is 5.32 Å². The zero-order valence-electron chi connectivity index (χ0n) is 12.1. The first-order chi connectivity index (χ1) is 9.43. The number of ether oxygens (including phenoxy) is 1. The lowest BCUT2D eigenvalue weighted by molar-refractivity contribution is -0.141. The SMILES string of the molecule is CCC(NC(=O)Cc1ccccc1OC(C)C)C(=O)O. The van der Waals surface area contributed by atoms with Gasteiger partial charge >= 0.3 is 5.97 Å². The first-order valence-corrected chi connectivity index (χ1v) is 6.70. The highest BCUT2D eigenvalue weighted by Crippen LogP contribution is 2.19. The summed E-state index contributed by atoms with van der Waals surface area (Å²) in [6, 6.07) is 6.42. The number of benzene rings is 1. The predicted molar refractivity (Wildman–Crippen MR) is 75.8 cm³/mol. The molecule has 0 aliphatic rings. The van der Waals surface area contributed by atoms with E-state index in [9.17, 15) is 9.59 Å². The van der Waals surface area contributed by atoms with Gasteiger partial charge in [0.25, 0.3) is 0 Å². The van der Waals surface area contributed by atoms with Crippen LogP contribution in [0.15, 0.2) is 24.3 Å². The Hall–Kier alpha value is -2.04. The molecule has 5 heteroatoms. The molecule has 0 saturated heterocycles. The normalized spacial score (nSPS) is 12.0. The van der Waals surface area contributed by atoms with Crippen LogP contribution in [0.25, 0.3) is 0 Å². The summed E-state index contributed by atoms with van der Waals surface area (Å²) < 4.78 is 5.63. The lowest BCUT2D eigenvalue weighted by Crippen LogP contribution is -2.41. The zero-order chi connectivity index (χ0) is 15.1. The van der Waals surface area contributed by atoms with Crippen LogP contribution in [0.5, 0.6) is 5.75 Å². The number of carbonyl (C=O) groups excluding carboxylic acids is 1. The maximum Gasteiger partial charge on any atom is 0.326 e. The van der Waals surface area contributed by atoms with Crippen LogP contribution in [-0.2, 0) is 16.0 Å². The summed E-state index contributed by atoms with van der Waals surface area (Å²) >= 11 is 0. The molecule has 1 aromatic carbocycles. The second-order valence-corrected chi connectivity index (χ2v) is 4.82. The van der Waals surface area contributed by atoms with Crippen molar-refractivity contribution < 1.29 is 19.4 Å². The minimum atomic E-state index is -1.02. The van der Waals surface area contributed by atoms with Gasteiger partial charge in [-0.15, -0.1) is 0 Å². The number of para-hydroxylation sites is 1. The number of aliphatic carboxylic acids is 1. The van der Waals surface area contributed by atoms with E-state index in [1.807, 2.05) is 26.0 Å². The summed E-state index contributed by atoms with van der Waals surface area (Å²) in [4.78, 5) is 22.8. The van der Waals surface area contributed by atoms with Gasteiger partial charge in [-0.3, -0.25) is 4.79 Å². The monoisotopic (exact) mass is 279 g/mol. The second kappa shape index (κ2) is 7.53. The van der Waals surface area contributed by atoms with E-state index in [4.69, 9.17) is 9.84 Å². The van der Waals surface area contributed by atoms with Gasteiger partial charge in [0.05, 0.1) is 12.5 Å². The number of carboxylic acid groups (broad SMARTS) is 1. The van der Waals surface area contributed by atoms with E-state index in [0.29, 0.717) is 12.2 Å². The number of rotatable bonds is 7. The molecule has 0 spiro atoms. The van der Waals surface area contributed by atoms with E-state index in [1.165, 1.54) is 0 Å². The van der Waals surface area contributed by atoms with Gasteiger partial charge in [0.2, 0.25) is 5.91 Å². The van der Waals surface area contributed by atoms with Crippen molar-refractivity contribution in [2.24, 2.45) is 0 Å². The van der Waals surface area contributed by atoms with Crippen molar-refractivity contribution in [2.45, 2.75) is 45.8 Å². The van der Waals surface area contributed by atoms with Crippen molar-refractivity contribution in [3.05, 3.63) is 29.8 Å². The number of carbonyl (C=O) groups is 2. The van der Waals surface area contributed by atoms with Crippen LogP contribution in [0.3, 0.4) is 0 Å². The summed E-state index contributed by atoms with van der Waals surface area (Å²) in [7, 11) is 0. The highest BCUT2D eigenvalue weighted by atomic mass is 16.5. The van der Waals surface area contributed by atoms with Gasteiger partial charge in [0.15, 0.2) is 0 Å². The molecule has 5 nitrogen and oxygen atoms in total. The molecular weight excluding hydrogens is 258 g/mol. The Morgan fingerprint density at radius 2 is 1.95 bits per heavy atom. The number of hydrogen-bond donors (Lipinski definition) is 2. The Kier molecular flexibility index (Phi) is 6.03. The molecule has 1 amide bonds. The molecule has 1 rings (SSSR count). The van der Waals surface area contributed by atoms with E-state index < -0.39 is 12.0 Å². The molecule has 0 aliphatic carbocycles. The maximum absolute atomic E-state index is 11.9. The van der Waals surface area contributed by atoms with Crippen molar-refractivity contribution in [1.82, 2.24) is 5.32 Å².